The van der Waals surface area contributed by atoms with Crippen LogP contribution in [-0.4, -0.2) is 36.2 Å². The number of methoxy groups -OCH3 is 1. The molecule has 6 nitrogen and oxygen atoms in total. The fraction of sp³-hybridized carbons (Fsp3) is 0.800. The summed E-state index contributed by atoms with van der Waals surface area (Å²) in [5.74, 6) is -0.215. The van der Waals surface area contributed by atoms with E-state index in [1.165, 1.54) is 0 Å². The number of carbonyl (C=O) groups excluding carboxylic acids is 1. The largest absolute Gasteiger partial charge is 0.409 e. The summed E-state index contributed by atoms with van der Waals surface area (Å²) in [7, 11) is 1.59. The molecule has 0 aliphatic heterocycles. The van der Waals surface area contributed by atoms with E-state index in [2.05, 4.69) is 10.5 Å². The maximum Gasteiger partial charge on any atom is 0.234 e. The lowest BCUT2D eigenvalue weighted by atomic mass is 10.0. The van der Waals surface area contributed by atoms with Crippen molar-refractivity contribution in [2.24, 2.45) is 16.3 Å². The summed E-state index contributed by atoms with van der Waals surface area (Å²) < 4.78 is 5.18. The van der Waals surface area contributed by atoms with Crippen LogP contribution in [-0.2, 0) is 9.53 Å². The van der Waals surface area contributed by atoms with Crippen LogP contribution in [0.5, 0.6) is 0 Å². The lowest BCUT2D eigenvalue weighted by Crippen LogP contribution is -2.46. The van der Waals surface area contributed by atoms with E-state index in [9.17, 15) is 4.79 Å². The lowest BCUT2D eigenvalue weighted by molar-refractivity contribution is -0.125. The van der Waals surface area contributed by atoms with Gasteiger partial charge in [0.2, 0.25) is 5.91 Å². The van der Waals surface area contributed by atoms with E-state index >= 15 is 0 Å². The zero-order valence-corrected chi connectivity index (χ0v) is 9.91. The second-order valence-corrected chi connectivity index (χ2v) is 4.71. The smallest absolute Gasteiger partial charge is 0.234 e. The predicted octanol–water partition coefficient (Wildman–Crippen LogP) is 0.0542. The van der Waals surface area contributed by atoms with Gasteiger partial charge in [-0.3, -0.25) is 4.79 Å². The van der Waals surface area contributed by atoms with Gasteiger partial charge >= 0.3 is 0 Å². The normalized spacial score (nSPS) is 19.3. The zero-order chi connectivity index (χ0) is 12.4. The quantitative estimate of drug-likeness (QED) is 0.269. The van der Waals surface area contributed by atoms with E-state index in [-0.39, 0.29) is 11.7 Å². The molecular weight excluding hydrogens is 210 g/mol. The second kappa shape index (κ2) is 4.29. The molecule has 0 aromatic carbocycles. The van der Waals surface area contributed by atoms with Crippen molar-refractivity contribution in [1.82, 2.24) is 5.32 Å². The van der Waals surface area contributed by atoms with Crippen LogP contribution >= 0.6 is 0 Å². The molecule has 4 N–H and O–H groups in total. The first-order valence-electron chi connectivity index (χ1n) is 5.19. The third-order valence-corrected chi connectivity index (χ3v) is 3.01. The molecule has 1 amide bonds. The van der Waals surface area contributed by atoms with Crippen molar-refractivity contribution in [3.05, 3.63) is 0 Å². The van der Waals surface area contributed by atoms with Gasteiger partial charge in [0.1, 0.15) is 5.41 Å². The number of rotatable bonds is 5. The third-order valence-electron chi connectivity index (χ3n) is 3.01. The molecule has 0 radical (unpaired) electrons. The van der Waals surface area contributed by atoms with Crippen LogP contribution in [0, 0.1) is 5.41 Å². The van der Waals surface area contributed by atoms with E-state index < -0.39 is 11.0 Å². The van der Waals surface area contributed by atoms with Gasteiger partial charge in [-0.1, -0.05) is 5.16 Å². The summed E-state index contributed by atoms with van der Waals surface area (Å²) in [4.78, 5) is 11.9. The molecule has 1 rings (SSSR count). The molecule has 0 atom stereocenters. The van der Waals surface area contributed by atoms with E-state index in [0.717, 1.165) is 0 Å². The highest BCUT2D eigenvalue weighted by Gasteiger charge is 2.54. The maximum absolute atomic E-state index is 11.9. The average molecular weight is 229 g/mol. The standard InChI is InChI=1S/C10H19N3O3/c1-9(2,16-3)6-12-8(14)10(4-5-10)7(11)13-15/h15H,4-6H2,1-3H3,(H2,11,13)(H,12,14). The SMILES string of the molecule is COC(C)(C)CNC(=O)C1(C(N)=NO)CC1. The van der Waals surface area contributed by atoms with Crippen LogP contribution in [0.25, 0.3) is 0 Å². The molecule has 92 valence electrons. The van der Waals surface area contributed by atoms with Crippen molar-refractivity contribution >= 4 is 11.7 Å². The van der Waals surface area contributed by atoms with Crippen molar-refractivity contribution in [2.45, 2.75) is 32.3 Å². The summed E-state index contributed by atoms with van der Waals surface area (Å²) >= 11 is 0. The summed E-state index contributed by atoms with van der Waals surface area (Å²) in [6, 6.07) is 0. The van der Waals surface area contributed by atoms with E-state index in [4.69, 9.17) is 15.7 Å². The molecule has 0 aromatic heterocycles. The fourth-order valence-corrected chi connectivity index (χ4v) is 1.35. The minimum atomic E-state index is -0.793. The van der Waals surface area contributed by atoms with Gasteiger partial charge in [-0.2, -0.15) is 0 Å². The number of amides is 1. The van der Waals surface area contributed by atoms with Gasteiger partial charge in [0.15, 0.2) is 5.84 Å². The Bertz CT molecular complexity index is 308. The highest BCUT2D eigenvalue weighted by molar-refractivity contribution is 6.09. The maximum atomic E-state index is 11.9. The van der Waals surface area contributed by atoms with Gasteiger partial charge in [0, 0.05) is 13.7 Å². The zero-order valence-electron chi connectivity index (χ0n) is 9.91. The molecule has 6 heteroatoms. The van der Waals surface area contributed by atoms with Crippen molar-refractivity contribution in [3.63, 3.8) is 0 Å². The first-order chi connectivity index (χ1) is 7.38. The topological polar surface area (TPSA) is 96.9 Å². The number of nitrogens with one attached hydrogen (secondary N) is 1. The highest BCUT2D eigenvalue weighted by atomic mass is 16.5. The molecule has 1 aliphatic carbocycles. The molecule has 16 heavy (non-hydrogen) atoms. The molecule has 0 aromatic rings. The first kappa shape index (κ1) is 12.8. The van der Waals surface area contributed by atoms with Gasteiger partial charge in [-0.05, 0) is 26.7 Å². The number of carbonyl (C=O) groups is 1. The molecule has 0 spiro atoms. The van der Waals surface area contributed by atoms with Gasteiger partial charge in [0.05, 0.1) is 5.60 Å². The van der Waals surface area contributed by atoms with Crippen LogP contribution in [0.1, 0.15) is 26.7 Å². The monoisotopic (exact) mass is 229 g/mol. The number of ether oxygens (including phenoxy) is 1. The van der Waals surface area contributed by atoms with Crippen molar-refractivity contribution in [1.29, 1.82) is 0 Å². The molecule has 1 saturated carbocycles. The van der Waals surface area contributed by atoms with E-state index in [1.807, 2.05) is 13.8 Å². The van der Waals surface area contributed by atoms with Crippen LogP contribution in [0.15, 0.2) is 5.16 Å². The van der Waals surface area contributed by atoms with Gasteiger partial charge in [-0.25, -0.2) is 0 Å². The van der Waals surface area contributed by atoms with E-state index in [0.29, 0.717) is 19.4 Å². The Hall–Kier alpha value is -1.30. The molecule has 1 aliphatic rings. The number of hydrogen-bond acceptors (Lipinski definition) is 4. The molecule has 1 fully saturated rings. The van der Waals surface area contributed by atoms with Gasteiger partial charge in [0.25, 0.3) is 0 Å². The number of nitrogens with two attached hydrogens (primary N) is 1. The summed E-state index contributed by atoms with van der Waals surface area (Å²) in [6.07, 6.45) is 1.25. The lowest BCUT2D eigenvalue weighted by Gasteiger charge is -2.24. The van der Waals surface area contributed by atoms with Crippen LogP contribution in [0.3, 0.4) is 0 Å². The van der Waals surface area contributed by atoms with Crippen LogP contribution < -0.4 is 11.1 Å². The highest BCUT2D eigenvalue weighted by Crippen LogP contribution is 2.46. The third kappa shape index (κ3) is 2.44. The predicted molar refractivity (Wildman–Crippen MR) is 59.2 cm³/mol. The number of nitrogens with zero attached hydrogens (tertiary/aromatic N) is 1. The Kier molecular flexibility index (Phi) is 3.42. The summed E-state index contributed by atoms with van der Waals surface area (Å²) in [6.45, 7) is 4.13. The Balaban J connectivity index is 2.54. The fourth-order valence-electron chi connectivity index (χ4n) is 1.35. The number of amidine groups is 1. The minimum Gasteiger partial charge on any atom is -0.409 e. The van der Waals surface area contributed by atoms with Crippen LogP contribution in [0.4, 0.5) is 0 Å². The number of oxime groups is 1. The summed E-state index contributed by atoms with van der Waals surface area (Å²) in [5, 5.41) is 14.3. The van der Waals surface area contributed by atoms with Crippen molar-refractivity contribution < 1.29 is 14.7 Å². The summed E-state index contributed by atoms with van der Waals surface area (Å²) in [5.41, 5.74) is 4.28. The molecular formula is C10H19N3O3. The molecule has 0 saturated heterocycles. The minimum absolute atomic E-state index is 0.0137. The Morgan fingerprint density at radius 2 is 2.19 bits per heavy atom. The average Bonchev–Trinajstić information content (AvgIpc) is 3.06. The Morgan fingerprint density at radius 1 is 1.62 bits per heavy atom. The Labute approximate surface area is 94.8 Å². The van der Waals surface area contributed by atoms with Gasteiger partial charge in [-0.15, -0.1) is 0 Å². The van der Waals surface area contributed by atoms with Crippen LogP contribution in [0.2, 0.25) is 0 Å². The molecule has 0 bridgehead atoms. The number of hydrogen-bond donors (Lipinski definition) is 3. The molecule has 0 heterocycles. The van der Waals surface area contributed by atoms with Crippen molar-refractivity contribution in [2.75, 3.05) is 13.7 Å². The Morgan fingerprint density at radius 3 is 2.56 bits per heavy atom. The first-order valence-corrected chi connectivity index (χ1v) is 5.19. The second-order valence-electron chi connectivity index (χ2n) is 4.71. The van der Waals surface area contributed by atoms with E-state index in [1.54, 1.807) is 7.11 Å². The van der Waals surface area contributed by atoms with Crippen molar-refractivity contribution in [3.8, 4) is 0 Å². The van der Waals surface area contributed by atoms with Gasteiger partial charge < -0.3 is 21.0 Å². The molecule has 0 unspecified atom stereocenters.